The average molecular weight is 426 g/mol. The van der Waals surface area contributed by atoms with Crippen LogP contribution in [0.15, 0.2) is 18.2 Å². The van der Waals surface area contributed by atoms with Gasteiger partial charge in [-0.3, -0.25) is 9.69 Å². The zero-order valence-corrected chi connectivity index (χ0v) is 17.0. The largest absolute Gasteiger partial charge is 0.339 e. The molecule has 0 saturated carbocycles. The van der Waals surface area contributed by atoms with E-state index in [4.69, 9.17) is 5.73 Å². The number of piperazine rings is 1. The number of rotatable bonds is 6. The summed E-state index contributed by atoms with van der Waals surface area (Å²) < 4.78 is 49.4. The van der Waals surface area contributed by atoms with Crippen LogP contribution < -0.4 is 5.73 Å². The molecule has 2 N–H and O–H groups in total. The van der Waals surface area contributed by atoms with Gasteiger partial charge in [-0.2, -0.15) is 0 Å². The highest BCUT2D eigenvalue weighted by Crippen LogP contribution is 2.24. The molecule has 27 heavy (non-hydrogen) atoms. The minimum Gasteiger partial charge on any atom is -0.339 e. The lowest BCUT2D eigenvalue weighted by atomic mass is 10.0. The standard InChI is InChI=1S/C17H25F2N3O3S.ClH/c1-12(14-4-3-13(18)11-15(14)19)21-6-8-22(9-7-21)17(23)16(20)5-10-26(2,24)25;/h3-4,11-12,16H,5-10,20H2,1-2H3;1H. The van der Waals surface area contributed by atoms with E-state index >= 15 is 0 Å². The molecule has 1 aliphatic heterocycles. The van der Waals surface area contributed by atoms with Crippen LogP contribution in [0.5, 0.6) is 0 Å². The van der Waals surface area contributed by atoms with Crippen molar-refractivity contribution in [2.45, 2.75) is 25.4 Å². The number of hydrogen-bond acceptors (Lipinski definition) is 5. The van der Waals surface area contributed by atoms with Crippen molar-refractivity contribution in [2.75, 3.05) is 38.2 Å². The second-order valence-corrected chi connectivity index (χ2v) is 8.99. The van der Waals surface area contributed by atoms with Crippen LogP contribution in [0.3, 0.4) is 0 Å². The highest BCUT2D eigenvalue weighted by atomic mass is 35.5. The molecule has 0 bridgehead atoms. The third-order valence-corrected chi connectivity index (χ3v) is 5.68. The van der Waals surface area contributed by atoms with Crippen molar-refractivity contribution >= 4 is 28.2 Å². The summed E-state index contributed by atoms with van der Waals surface area (Å²) in [6.45, 7) is 3.76. The number of nitrogens with zero attached hydrogens (tertiary/aromatic N) is 2. The van der Waals surface area contributed by atoms with Gasteiger partial charge in [0.1, 0.15) is 21.5 Å². The second kappa shape index (κ2) is 9.77. The third kappa shape index (κ3) is 6.67. The molecule has 1 aromatic rings. The summed E-state index contributed by atoms with van der Waals surface area (Å²) in [6, 6.07) is 2.45. The molecule has 1 aliphatic rings. The Labute approximate surface area is 165 Å². The predicted molar refractivity (Wildman–Crippen MR) is 102 cm³/mol. The second-order valence-electron chi connectivity index (χ2n) is 6.73. The van der Waals surface area contributed by atoms with E-state index in [2.05, 4.69) is 0 Å². The van der Waals surface area contributed by atoms with Crippen molar-refractivity contribution in [1.82, 2.24) is 9.80 Å². The van der Waals surface area contributed by atoms with E-state index in [-0.39, 0.29) is 36.5 Å². The molecule has 1 fully saturated rings. The van der Waals surface area contributed by atoms with Gasteiger partial charge in [-0.25, -0.2) is 17.2 Å². The summed E-state index contributed by atoms with van der Waals surface area (Å²) in [5.41, 5.74) is 6.23. The Morgan fingerprint density at radius 2 is 1.81 bits per heavy atom. The molecule has 2 atom stereocenters. The van der Waals surface area contributed by atoms with Crippen molar-refractivity contribution in [3.05, 3.63) is 35.4 Å². The van der Waals surface area contributed by atoms with Gasteiger partial charge in [-0.15, -0.1) is 12.4 Å². The van der Waals surface area contributed by atoms with Gasteiger partial charge in [0.05, 0.1) is 11.8 Å². The molecule has 1 heterocycles. The minimum atomic E-state index is -3.16. The molecule has 1 amide bonds. The van der Waals surface area contributed by atoms with Crippen molar-refractivity contribution in [2.24, 2.45) is 5.73 Å². The van der Waals surface area contributed by atoms with Gasteiger partial charge in [-0.05, 0) is 19.4 Å². The molecule has 10 heteroatoms. The van der Waals surface area contributed by atoms with Crippen molar-refractivity contribution in [3.63, 3.8) is 0 Å². The monoisotopic (exact) mass is 425 g/mol. The maximum absolute atomic E-state index is 14.0. The number of benzene rings is 1. The zero-order chi connectivity index (χ0) is 19.5. The number of halogens is 3. The third-order valence-electron chi connectivity index (χ3n) is 4.70. The highest BCUT2D eigenvalue weighted by Gasteiger charge is 2.28. The molecule has 2 unspecified atom stereocenters. The zero-order valence-electron chi connectivity index (χ0n) is 15.4. The van der Waals surface area contributed by atoms with Gasteiger partial charge in [0, 0.05) is 50.1 Å². The molecule has 0 radical (unpaired) electrons. The van der Waals surface area contributed by atoms with Crippen molar-refractivity contribution in [3.8, 4) is 0 Å². The average Bonchev–Trinajstić information content (AvgIpc) is 2.58. The van der Waals surface area contributed by atoms with E-state index < -0.39 is 27.5 Å². The van der Waals surface area contributed by atoms with Gasteiger partial charge >= 0.3 is 0 Å². The molecular weight excluding hydrogens is 400 g/mol. The Balaban J connectivity index is 0.00000364. The maximum atomic E-state index is 14.0. The quantitative estimate of drug-likeness (QED) is 0.743. The van der Waals surface area contributed by atoms with Crippen molar-refractivity contribution < 1.29 is 22.0 Å². The van der Waals surface area contributed by atoms with Crippen LogP contribution in [-0.4, -0.2) is 68.4 Å². The first-order valence-electron chi connectivity index (χ1n) is 8.49. The first kappa shape index (κ1) is 23.7. The van der Waals surface area contributed by atoms with E-state index in [1.54, 1.807) is 4.90 Å². The Morgan fingerprint density at radius 3 is 2.33 bits per heavy atom. The van der Waals surface area contributed by atoms with Crippen LogP contribution in [-0.2, 0) is 14.6 Å². The fourth-order valence-corrected chi connectivity index (χ4v) is 3.75. The van der Waals surface area contributed by atoms with Crippen LogP contribution in [0.4, 0.5) is 8.78 Å². The van der Waals surface area contributed by atoms with E-state index in [1.807, 2.05) is 11.8 Å². The SMILES string of the molecule is CC(c1ccc(F)cc1F)N1CCN(C(=O)C(N)CCS(C)(=O)=O)CC1.Cl. The highest BCUT2D eigenvalue weighted by molar-refractivity contribution is 7.90. The van der Waals surface area contributed by atoms with Crippen LogP contribution >= 0.6 is 12.4 Å². The number of sulfone groups is 1. The van der Waals surface area contributed by atoms with Crippen LogP contribution in [0.1, 0.15) is 24.9 Å². The lowest BCUT2D eigenvalue weighted by Crippen LogP contribution is -2.53. The van der Waals surface area contributed by atoms with Gasteiger partial charge in [0.15, 0.2) is 0 Å². The lowest BCUT2D eigenvalue weighted by molar-refractivity contribution is -0.134. The maximum Gasteiger partial charge on any atom is 0.239 e. The topological polar surface area (TPSA) is 83.7 Å². The lowest BCUT2D eigenvalue weighted by Gasteiger charge is -2.39. The number of hydrogen-bond donors (Lipinski definition) is 1. The summed E-state index contributed by atoms with van der Waals surface area (Å²) in [6.07, 6.45) is 1.20. The van der Waals surface area contributed by atoms with Gasteiger partial charge in [0.2, 0.25) is 5.91 Å². The summed E-state index contributed by atoms with van der Waals surface area (Å²) in [5, 5.41) is 0. The molecule has 2 rings (SSSR count). The van der Waals surface area contributed by atoms with E-state index in [9.17, 15) is 22.0 Å². The Kier molecular flexibility index (Phi) is 8.59. The molecule has 0 aliphatic carbocycles. The molecule has 1 aromatic carbocycles. The molecular formula is C17H26ClF2N3O3S. The summed E-state index contributed by atoms with van der Waals surface area (Å²) >= 11 is 0. The summed E-state index contributed by atoms with van der Waals surface area (Å²) in [4.78, 5) is 16.0. The number of amides is 1. The number of nitrogens with two attached hydrogens (primary N) is 1. The first-order chi connectivity index (χ1) is 12.1. The summed E-state index contributed by atoms with van der Waals surface area (Å²) in [5.74, 6) is -1.59. The van der Waals surface area contributed by atoms with Gasteiger partial charge < -0.3 is 10.6 Å². The van der Waals surface area contributed by atoms with Crippen molar-refractivity contribution in [1.29, 1.82) is 0 Å². The van der Waals surface area contributed by atoms with E-state index in [0.717, 1.165) is 12.3 Å². The van der Waals surface area contributed by atoms with Gasteiger partial charge in [-0.1, -0.05) is 6.07 Å². The smallest absolute Gasteiger partial charge is 0.239 e. The normalized spacial score (nSPS) is 17.9. The molecule has 1 saturated heterocycles. The first-order valence-corrected chi connectivity index (χ1v) is 10.6. The van der Waals surface area contributed by atoms with Crippen LogP contribution in [0.25, 0.3) is 0 Å². The fraction of sp³-hybridized carbons (Fsp3) is 0.588. The fourth-order valence-electron chi connectivity index (χ4n) is 3.07. The van der Waals surface area contributed by atoms with E-state index in [1.165, 1.54) is 12.1 Å². The molecule has 0 spiro atoms. The van der Waals surface area contributed by atoms with Gasteiger partial charge in [0.25, 0.3) is 0 Å². The van der Waals surface area contributed by atoms with Crippen LogP contribution in [0, 0.1) is 11.6 Å². The Morgan fingerprint density at radius 1 is 1.22 bits per heavy atom. The minimum absolute atomic E-state index is 0. The number of carbonyl (C=O) groups excluding carboxylic acids is 1. The van der Waals surface area contributed by atoms with Crippen LogP contribution in [0.2, 0.25) is 0 Å². The Bertz CT molecular complexity index is 756. The summed E-state index contributed by atoms with van der Waals surface area (Å²) in [7, 11) is -3.16. The number of carbonyl (C=O) groups is 1. The predicted octanol–water partition coefficient (Wildman–Crippen LogP) is 1.35. The Hall–Kier alpha value is -1.29. The molecule has 154 valence electrons. The van der Waals surface area contributed by atoms with E-state index in [0.29, 0.717) is 31.7 Å². The molecule has 6 nitrogen and oxygen atoms in total. The molecule has 0 aromatic heterocycles.